The highest BCUT2D eigenvalue weighted by Crippen LogP contribution is 2.41. The van der Waals surface area contributed by atoms with Gasteiger partial charge in [-0.15, -0.1) is 0 Å². The quantitative estimate of drug-likeness (QED) is 0.174. The molecule has 2 aliphatic rings. The number of fused-ring (bicyclic) bond motifs is 1. The summed E-state index contributed by atoms with van der Waals surface area (Å²) in [4.78, 5) is 2.49. The SMILES string of the molecule is CCCCCCCCCCCCO[C@@H]1O[C@H](C(C)N(Cc2ccccc2)Cc2ccccc2)[C@H]2OC(C)(C)O[C@@H]12. The summed E-state index contributed by atoms with van der Waals surface area (Å²) in [5, 5.41) is 0. The van der Waals surface area contributed by atoms with E-state index in [4.69, 9.17) is 18.9 Å². The zero-order valence-electron chi connectivity index (χ0n) is 25.4. The van der Waals surface area contributed by atoms with Gasteiger partial charge in [0.1, 0.15) is 18.3 Å². The van der Waals surface area contributed by atoms with Gasteiger partial charge in [0, 0.05) is 25.7 Å². The van der Waals surface area contributed by atoms with Gasteiger partial charge < -0.3 is 18.9 Å². The first-order valence-corrected chi connectivity index (χ1v) is 15.9. The Hall–Kier alpha value is -1.76. The predicted octanol–water partition coefficient (Wildman–Crippen LogP) is 8.26. The highest BCUT2D eigenvalue weighted by Gasteiger charge is 2.57. The number of ether oxygens (including phenoxy) is 4. The highest BCUT2D eigenvalue weighted by molar-refractivity contribution is 5.18. The maximum absolute atomic E-state index is 6.62. The molecule has 5 heteroatoms. The van der Waals surface area contributed by atoms with E-state index in [9.17, 15) is 0 Å². The topological polar surface area (TPSA) is 40.2 Å². The number of hydrogen-bond acceptors (Lipinski definition) is 5. The fourth-order valence-electron chi connectivity index (χ4n) is 6.09. The summed E-state index contributed by atoms with van der Waals surface area (Å²) >= 11 is 0. The molecule has 0 N–H and O–H groups in total. The molecule has 0 spiro atoms. The molecular formula is C35H53NO4. The van der Waals surface area contributed by atoms with E-state index in [1.807, 2.05) is 13.8 Å². The van der Waals surface area contributed by atoms with Gasteiger partial charge >= 0.3 is 0 Å². The summed E-state index contributed by atoms with van der Waals surface area (Å²) in [6.07, 6.45) is 12.2. The van der Waals surface area contributed by atoms with Crippen LogP contribution in [0.15, 0.2) is 60.7 Å². The monoisotopic (exact) mass is 551 g/mol. The molecule has 0 amide bonds. The van der Waals surface area contributed by atoms with Crippen LogP contribution >= 0.6 is 0 Å². The number of rotatable bonds is 18. The summed E-state index contributed by atoms with van der Waals surface area (Å²) in [7, 11) is 0. The van der Waals surface area contributed by atoms with Gasteiger partial charge in [-0.05, 0) is 38.3 Å². The maximum atomic E-state index is 6.62. The van der Waals surface area contributed by atoms with E-state index in [0.717, 1.165) is 19.5 Å². The van der Waals surface area contributed by atoms with E-state index in [1.165, 1.54) is 68.9 Å². The molecule has 1 unspecified atom stereocenters. The third-order valence-corrected chi connectivity index (χ3v) is 8.34. The van der Waals surface area contributed by atoms with Gasteiger partial charge in [-0.25, -0.2) is 0 Å². The minimum atomic E-state index is -0.639. The Morgan fingerprint density at radius 1 is 0.725 bits per heavy atom. The fraction of sp³-hybridized carbons (Fsp3) is 0.657. The van der Waals surface area contributed by atoms with Gasteiger partial charge in [0.05, 0.1) is 0 Å². The second-order valence-corrected chi connectivity index (χ2v) is 12.2. The van der Waals surface area contributed by atoms with Crippen molar-refractivity contribution < 1.29 is 18.9 Å². The van der Waals surface area contributed by atoms with Crippen molar-refractivity contribution in [3.05, 3.63) is 71.8 Å². The van der Waals surface area contributed by atoms with Crippen molar-refractivity contribution >= 4 is 0 Å². The zero-order valence-corrected chi connectivity index (χ0v) is 25.4. The third-order valence-electron chi connectivity index (χ3n) is 8.34. The van der Waals surface area contributed by atoms with Gasteiger partial charge in [0.25, 0.3) is 0 Å². The Balaban J connectivity index is 1.31. The molecule has 0 aromatic heterocycles. The summed E-state index contributed by atoms with van der Waals surface area (Å²) in [5.74, 6) is -0.639. The van der Waals surface area contributed by atoms with Gasteiger partial charge in [-0.3, -0.25) is 4.90 Å². The summed E-state index contributed by atoms with van der Waals surface area (Å²) in [5.41, 5.74) is 2.58. The summed E-state index contributed by atoms with van der Waals surface area (Å²) in [6.45, 7) is 10.9. The normalized spacial score (nSPS) is 24.4. The van der Waals surface area contributed by atoms with Crippen molar-refractivity contribution in [3.63, 3.8) is 0 Å². The molecule has 40 heavy (non-hydrogen) atoms. The minimum Gasteiger partial charge on any atom is -0.350 e. The molecule has 0 aliphatic carbocycles. The van der Waals surface area contributed by atoms with E-state index in [2.05, 4.69) is 79.4 Å². The van der Waals surface area contributed by atoms with Gasteiger partial charge in [-0.2, -0.15) is 0 Å². The Morgan fingerprint density at radius 3 is 1.77 bits per heavy atom. The molecule has 0 radical (unpaired) electrons. The molecule has 2 aromatic rings. The highest BCUT2D eigenvalue weighted by atomic mass is 16.8. The van der Waals surface area contributed by atoms with Crippen molar-refractivity contribution in [2.45, 2.75) is 141 Å². The third kappa shape index (κ3) is 9.39. The van der Waals surface area contributed by atoms with Crippen LogP contribution in [0.4, 0.5) is 0 Å². The zero-order chi connectivity index (χ0) is 28.2. The average molecular weight is 552 g/mol. The van der Waals surface area contributed by atoms with Crippen LogP contribution in [0.2, 0.25) is 0 Å². The molecule has 0 bridgehead atoms. The minimum absolute atomic E-state index is 0.108. The second kappa shape index (κ2) is 16.0. The fourth-order valence-corrected chi connectivity index (χ4v) is 6.09. The number of unbranched alkanes of at least 4 members (excludes halogenated alkanes) is 9. The molecule has 2 saturated heterocycles. The molecule has 2 fully saturated rings. The Kier molecular flexibility index (Phi) is 12.5. The van der Waals surface area contributed by atoms with Crippen molar-refractivity contribution in [2.24, 2.45) is 0 Å². The van der Waals surface area contributed by atoms with E-state index >= 15 is 0 Å². The molecule has 222 valence electrons. The Bertz CT molecular complexity index is 911. The van der Waals surface area contributed by atoms with Crippen molar-refractivity contribution in [1.82, 2.24) is 4.90 Å². The molecule has 4 rings (SSSR count). The molecule has 5 atom stereocenters. The van der Waals surface area contributed by atoms with E-state index in [1.54, 1.807) is 0 Å². The second-order valence-electron chi connectivity index (χ2n) is 12.2. The lowest BCUT2D eigenvalue weighted by molar-refractivity contribution is -0.239. The number of benzene rings is 2. The first-order chi connectivity index (χ1) is 19.5. The van der Waals surface area contributed by atoms with Crippen molar-refractivity contribution in [1.29, 1.82) is 0 Å². The van der Waals surface area contributed by atoms with Crippen LogP contribution in [0.5, 0.6) is 0 Å². The summed E-state index contributed by atoms with van der Waals surface area (Å²) < 4.78 is 25.7. The average Bonchev–Trinajstić information content (AvgIpc) is 3.45. The van der Waals surface area contributed by atoms with Crippen LogP contribution < -0.4 is 0 Å². The van der Waals surface area contributed by atoms with E-state index < -0.39 is 12.1 Å². The van der Waals surface area contributed by atoms with Gasteiger partial charge in [-0.1, -0.05) is 125 Å². The van der Waals surface area contributed by atoms with E-state index in [-0.39, 0.29) is 24.4 Å². The number of nitrogens with zero attached hydrogens (tertiary/aromatic N) is 1. The molecule has 0 saturated carbocycles. The van der Waals surface area contributed by atoms with Crippen molar-refractivity contribution in [3.8, 4) is 0 Å². The van der Waals surface area contributed by atoms with Crippen LogP contribution in [0.1, 0.15) is 103 Å². The standard InChI is InChI=1S/C35H53NO4/c1-5-6-7-8-9-10-11-12-13-20-25-37-34-33-32(39-35(3,4)40-33)31(38-34)28(2)36(26-29-21-16-14-17-22-29)27-30-23-18-15-19-24-30/h14-19,21-24,28,31-34H,5-13,20,25-27H2,1-4H3/t28?,31-,32-,33-,34-/m1/s1. The smallest absolute Gasteiger partial charge is 0.187 e. The Morgan fingerprint density at radius 2 is 1.23 bits per heavy atom. The van der Waals surface area contributed by atoms with Gasteiger partial charge in [0.2, 0.25) is 0 Å². The Labute approximate surface area is 243 Å². The van der Waals surface area contributed by atoms with Crippen LogP contribution in [0, 0.1) is 0 Å². The maximum Gasteiger partial charge on any atom is 0.187 e. The van der Waals surface area contributed by atoms with Crippen LogP contribution in [-0.2, 0) is 32.0 Å². The molecule has 5 nitrogen and oxygen atoms in total. The first-order valence-electron chi connectivity index (χ1n) is 15.9. The first kappa shape index (κ1) is 31.2. The molecule has 2 aliphatic heterocycles. The largest absolute Gasteiger partial charge is 0.350 e. The molecule has 2 aromatic carbocycles. The molecule has 2 heterocycles. The lowest BCUT2D eigenvalue weighted by Gasteiger charge is -2.35. The lowest BCUT2D eigenvalue weighted by atomic mass is 10.0. The van der Waals surface area contributed by atoms with E-state index in [0.29, 0.717) is 6.61 Å². The predicted molar refractivity (Wildman–Crippen MR) is 162 cm³/mol. The lowest BCUT2D eigenvalue weighted by Crippen LogP contribution is -2.46. The summed E-state index contributed by atoms with van der Waals surface area (Å²) in [6, 6.07) is 21.5. The van der Waals surface area contributed by atoms with Crippen LogP contribution in [-0.4, -0.2) is 47.9 Å². The number of hydrogen-bond donors (Lipinski definition) is 0. The van der Waals surface area contributed by atoms with Gasteiger partial charge in [0.15, 0.2) is 12.1 Å². The van der Waals surface area contributed by atoms with Crippen LogP contribution in [0.3, 0.4) is 0 Å². The van der Waals surface area contributed by atoms with Crippen LogP contribution in [0.25, 0.3) is 0 Å². The van der Waals surface area contributed by atoms with Crippen molar-refractivity contribution in [2.75, 3.05) is 6.61 Å². The molecular weight excluding hydrogens is 498 g/mol.